The van der Waals surface area contributed by atoms with Crippen molar-refractivity contribution in [3.05, 3.63) is 54.3 Å². The monoisotopic (exact) mass is 354 g/mol. The van der Waals surface area contributed by atoms with Crippen molar-refractivity contribution in [2.75, 3.05) is 18.5 Å². The smallest absolute Gasteiger partial charge is 0.286 e. The van der Waals surface area contributed by atoms with E-state index in [2.05, 4.69) is 5.32 Å². The first-order chi connectivity index (χ1) is 12.6. The summed E-state index contributed by atoms with van der Waals surface area (Å²) in [6, 6.07) is 14.0. The highest BCUT2D eigenvalue weighted by atomic mass is 16.5. The minimum atomic E-state index is -0.765. The maximum absolute atomic E-state index is 12.3. The van der Waals surface area contributed by atoms with Crippen LogP contribution in [0.2, 0.25) is 0 Å². The Morgan fingerprint density at radius 3 is 2.38 bits per heavy atom. The molecule has 0 radical (unpaired) electrons. The molecule has 0 saturated carbocycles. The van der Waals surface area contributed by atoms with Gasteiger partial charge in [0, 0.05) is 5.39 Å². The quantitative estimate of drug-likeness (QED) is 0.679. The Kier molecular flexibility index (Phi) is 5.07. The van der Waals surface area contributed by atoms with E-state index >= 15 is 0 Å². The van der Waals surface area contributed by atoms with E-state index in [0.29, 0.717) is 29.1 Å². The zero-order valence-electron chi connectivity index (χ0n) is 14.2. The van der Waals surface area contributed by atoms with Gasteiger partial charge in [-0.15, -0.1) is 0 Å². The molecule has 1 heterocycles. The summed E-state index contributed by atoms with van der Waals surface area (Å²) in [5.41, 5.74) is 6.03. The number of carbonyl (C=O) groups is 2. The number of nitrogens with one attached hydrogen (secondary N) is 1. The molecule has 2 amide bonds. The number of primary amides is 1. The number of anilines is 1. The van der Waals surface area contributed by atoms with Crippen molar-refractivity contribution in [1.82, 2.24) is 0 Å². The molecule has 3 aromatic rings. The predicted octanol–water partition coefficient (Wildman–Crippen LogP) is 2.95. The van der Waals surface area contributed by atoms with Crippen molar-refractivity contribution in [3.8, 4) is 11.5 Å². The molecule has 0 atom stereocenters. The van der Waals surface area contributed by atoms with Crippen molar-refractivity contribution in [3.63, 3.8) is 0 Å². The van der Waals surface area contributed by atoms with Crippen LogP contribution in [0.15, 0.2) is 52.9 Å². The Morgan fingerprint density at radius 1 is 1.04 bits per heavy atom. The number of nitrogens with two attached hydrogens (primary N) is 1. The number of para-hydroxylation sites is 3. The highest BCUT2D eigenvalue weighted by Crippen LogP contribution is 2.31. The molecule has 0 unspecified atom stereocenters. The second kappa shape index (κ2) is 7.60. The van der Waals surface area contributed by atoms with Gasteiger partial charge in [0.05, 0.1) is 6.61 Å². The fourth-order valence-corrected chi connectivity index (χ4v) is 2.51. The van der Waals surface area contributed by atoms with Crippen LogP contribution >= 0.6 is 0 Å². The average molecular weight is 354 g/mol. The summed E-state index contributed by atoms with van der Waals surface area (Å²) in [5, 5.41) is 3.22. The van der Waals surface area contributed by atoms with Crippen LogP contribution in [-0.4, -0.2) is 25.0 Å². The van der Waals surface area contributed by atoms with Gasteiger partial charge in [0.25, 0.3) is 11.8 Å². The number of ether oxygens (including phenoxy) is 2. The molecular weight excluding hydrogens is 336 g/mol. The van der Waals surface area contributed by atoms with E-state index in [1.54, 1.807) is 42.5 Å². The standard InChI is InChI=1S/C19H18N2O5/c1-2-24-14-9-5-6-10-15(14)25-11-16(22)21-17-12-7-3-4-8-13(12)26-18(17)19(20)23/h3-10H,2,11H2,1H3,(H2,20,23)(H,21,22). The van der Waals surface area contributed by atoms with Gasteiger partial charge in [-0.2, -0.15) is 0 Å². The minimum absolute atomic E-state index is 0.103. The first-order valence-electron chi connectivity index (χ1n) is 8.06. The molecule has 0 spiro atoms. The number of carbonyl (C=O) groups excluding carboxylic acids is 2. The predicted molar refractivity (Wildman–Crippen MR) is 96.5 cm³/mol. The zero-order valence-corrected chi connectivity index (χ0v) is 14.2. The van der Waals surface area contributed by atoms with E-state index < -0.39 is 11.8 Å². The molecule has 0 saturated heterocycles. The third kappa shape index (κ3) is 3.61. The van der Waals surface area contributed by atoms with Crippen LogP contribution in [0.25, 0.3) is 11.0 Å². The lowest BCUT2D eigenvalue weighted by molar-refractivity contribution is -0.118. The molecule has 26 heavy (non-hydrogen) atoms. The molecule has 7 heteroatoms. The lowest BCUT2D eigenvalue weighted by Gasteiger charge is -2.11. The van der Waals surface area contributed by atoms with Gasteiger partial charge in [-0.05, 0) is 31.2 Å². The van der Waals surface area contributed by atoms with E-state index in [0.717, 1.165) is 0 Å². The Hall–Kier alpha value is -3.48. The Balaban J connectivity index is 1.76. The molecule has 2 aromatic carbocycles. The van der Waals surface area contributed by atoms with Crippen molar-refractivity contribution >= 4 is 28.5 Å². The maximum atomic E-state index is 12.3. The van der Waals surface area contributed by atoms with Gasteiger partial charge < -0.3 is 24.9 Å². The third-order valence-corrected chi connectivity index (χ3v) is 3.59. The summed E-state index contributed by atoms with van der Waals surface area (Å²) < 4.78 is 16.4. The number of hydrogen-bond acceptors (Lipinski definition) is 5. The summed E-state index contributed by atoms with van der Waals surface area (Å²) in [6.07, 6.45) is 0. The van der Waals surface area contributed by atoms with E-state index in [-0.39, 0.29) is 18.1 Å². The Labute approximate surface area is 149 Å². The minimum Gasteiger partial charge on any atom is -0.490 e. The van der Waals surface area contributed by atoms with Gasteiger partial charge in [-0.25, -0.2) is 0 Å². The van der Waals surface area contributed by atoms with Crippen molar-refractivity contribution in [1.29, 1.82) is 0 Å². The Morgan fingerprint density at radius 2 is 1.69 bits per heavy atom. The first kappa shape index (κ1) is 17.3. The molecule has 134 valence electrons. The second-order valence-corrected chi connectivity index (χ2v) is 5.38. The van der Waals surface area contributed by atoms with Crippen molar-refractivity contribution < 1.29 is 23.5 Å². The van der Waals surface area contributed by atoms with E-state index in [4.69, 9.17) is 19.6 Å². The van der Waals surface area contributed by atoms with Crippen LogP contribution in [0.3, 0.4) is 0 Å². The molecule has 1 aromatic heterocycles. The van der Waals surface area contributed by atoms with Crippen LogP contribution < -0.4 is 20.5 Å². The summed E-state index contributed by atoms with van der Waals surface area (Å²) in [4.78, 5) is 23.9. The van der Waals surface area contributed by atoms with Crippen LogP contribution in [0, 0.1) is 0 Å². The van der Waals surface area contributed by atoms with Gasteiger partial charge in [-0.1, -0.05) is 24.3 Å². The maximum Gasteiger partial charge on any atom is 0.286 e. The molecule has 0 bridgehead atoms. The van der Waals surface area contributed by atoms with Gasteiger partial charge in [0.1, 0.15) is 11.3 Å². The average Bonchev–Trinajstić information content (AvgIpc) is 3.00. The summed E-state index contributed by atoms with van der Waals surface area (Å²) in [6.45, 7) is 2.08. The van der Waals surface area contributed by atoms with Gasteiger partial charge in [-0.3, -0.25) is 9.59 Å². The number of amides is 2. The van der Waals surface area contributed by atoms with E-state index in [1.165, 1.54) is 0 Å². The number of benzene rings is 2. The largest absolute Gasteiger partial charge is 0.490 e. The lowest BCUT2D eigenvalue weighted by Crippen LogP contribution is -2.22. The van der Waals surface area contributed by atoms with Gasteiger partial charge >= 0.3 is 0 Å². The summed E-state index contributed by atoms with van der Waals surface area (Å²) in [7, 11) is 0. The van der Waals surface area contributed by atoms with Crippen LogP contribution in [0.1, 0.15) is 17.5 Å². The molecule has 0 aliphatic rings. The number of fused-ring (bicyclic) bond motifs is 1. The molecule has 0 aliphatic heterocycles. The normalized spacial score (nSPS) is 10.5. The molecule has 0 aliphatic carbocycles. The number of rotatable bonds is 7. The molecule has 3 rings (SSSR count). The van der Waals surface area contributed by atoms with Crippen molar-refractivity contribution in [2.24, 2.45) is 5.73 Å². The summed E-state index contributed by atoms with van der Waals surface area (Å²) >= 11 is 0. The fraction of sp³-hybridized carbons (Fsp3) is 0.158. The molecule has 3 N–H and O–H groups in total. The summed E-state index contributed by atoms with van der Waals surface area (Å²) in [5.74, 6) is -0.315. The van der Waals surface area contributed by atoms with E-state index in [9.17, 15) is 9.59 Å². The first-order valence-corrected chi connectivity index (χ1v) is 8.06. The molecular formula is C19H18N2O5. The van der Waals surface area contributed by atoms with Crippen LogP contribution in [-0.2, 0) is 4.79 Å². The third-order valence-electron chi connectivity index (χ3n) is 3.59. The topological polar surface area (TPSA) is 104 Å². The SMILES string of the molecule is CCOc1ccccc1OCC(=O)Nc1c(C(N)=O)oc2ccccc12. The van der Waals surface area contributed by atoms with Crippen LogP contribution in [0.5, 0.6) is 11.5 Å². The molecule has 7 nitrogen and oxygen atoms in total. The lowest BCUT2D eigenvalue weighted by atomic mass is 10.2. The van der Waals surface area contributed by atoms with Gasteiger partial charge in [0.2, 0.25) is 5.76 Å². The fourth-order valence-electron chi connectivity index (χ4n) is 2.51. The van der Waals surface area contributed by atoms with Crippen molar-refractivity contribution in [2.45, 2.75) is 6.92 Å². The van der Waals surface area contributed by atoms with E-state index in [1.807, 2.05) is 13.0 Å². The highest BCUT2D eigenvalue weighted by Gasteiger charge is 2.20. The number of hydrogen-bond donors (Lipinski definition) is 2. The zero-order chi connectivity index (χ0) is 18.5. The highest BCUT2D eigenvalue weighted by molar-refractivity contribution is 6.10. The van der Waals surface area contributed by atoms with Crippen LogP contribution in [0.4, 0.5) is 5.69 Å². The van der Waals surface area contributed by atoms with Gasteiger partial charge in [0.15, 0.2) is 18.1 Å². The number of furan rings is 1. The second-order valence-electron chi connectivity index (χ2n) is 5.38. The Bertz CT molecular complexity index is 948. The molecule has 0 fully saturated rings.